The summed E-state index contributed by atoms with van der Waals surface area (Å²) in [6.45, 7) is 0. The minimum absolute atomic E-state index is 0.00956. The molecule has 1 aromatic carbocycles. The van der Waals surface area contributed by atoms with Gasteiger partial charge >= 0.3 is 5.97 Å². The van der Waals surface area contributed by atoms with Gasteiger partial charge in [0, 0.05) is 15.7 Å². The average molecular weight is 283 g/mol. The number of aromatic carboxylic acids is 1. The molecule has 2 rings (SSSR count). The third-order valence-electron chi connectivity index (χ3n) is 2.13. The van der Waals surface area contributed by atoms with Gasteiger partial charge in [0.2, 0.25) is 0 Å². The van der Waals surface area contributed by atoms with E-state index in [2.05, 4.69) is 10.3 Å². The van der Waals surface area contributed by atoms with Gasteiger partial charge < -0.3 is 10.4 Å². The molecular formula is C12H8Cl2N2O2. The molecular weight excluding hydrogens is 275 g/mol. The lowest BCUT2D eigenvalue weighted by Gasteiger charge is -2.07. The Morgan fingerprint density at radius 2 is 1.78 bits per heavy atom. The molecule has 2 aromatic rings. The number of rotatable bonds is 3. The van der Waals surface area contributed by atoms with Crippen molar-refractivity contribution < 1.29 is 9.90 Å². The molecule has 6 heteroatoms. The lowest BCUT2D eigenvalue weighted by molar-refractivity contribution is 0.0690. The number of anilines is 2. The lowest BCUT2D eigenvalue weighted by Crippen LogP contribution is -2.00. The zero-order chi connectivity index (χ0) is 13.1. The largest absolute Gasteiger partial charge is 0.477 e. The van der Waals surface area contributed by atoms with Gasteiger partial charge in [-0.3, -0.25) is 0 Å². The van der Waals surface area contributed by atoms with Gasteiger partial charge in [0.15, 0.2) is 0 Å². The number of benzene rings is 1. The molecule has 0 amide bonds. The SMILES string of the molecule is O=C(O)c1ccc(Nc2cc(Cl)cc(Cl)c2)cn1. The van der Waals surface area contributed by atoms with E-state index in [0.29, 0.717) is 21.4 Å². The summed E-state index contributed by atoms with van der Waals surface area (Å²) < 4.78 is 0. The molecule has 92 valence electrons. The molecule has 2 N–H and O–H groups in total. The quantitative estimate of drug-likeness (QED) is 0.898. The molecule has 0 fully saturated rings. The first-order valence-corrected chi connectivity index (χ1v) is 5.72. The maximum Gasteiger partial charge on any atom is 0.354 e. The van der Waals surface area contributed by atoms with Crippen LogP contribution in [0.1, 0.15) is 10.5 Å². The normalized spacial score (nSPS) is 10.1. The highest BCUT2D eigenvalue weighted by atomic mass is 35.5. The van der Waals surface area contributed by atoms with Gasteiger partial charge in [0.05, 0.1) is 11.9 Å². The zero-order valence-electron chi connectivity index (χ0n) is 9.02. The van der Waals surface area contributed by atoms with Crippen molar-refractivity contribution in [3.63, 3.8) is 0 Å². The minimum Gasteiger partial charge on any atom is -0.477 e. The number of hydrogen-bond acceptors (Lipinski definition) is 3. The third kappa shape index (κ3) is 3.12. The first kappa shape index (κ1) is 12.7. The van der Waals surface area contributed by atoms with Crippen molar-refractivity contribution in [1.29, 1.82) is 0 Å². The molecule has 4 nitrogen and oxygen atoms in total. The Morgan fingerprint density at radius 3 is 2.28 bits per heavy atom. The number of pyridine rings is 1. The average Bonchev–Trinajstić information content (AvgIpc) is 2.28. The summed E-state index contributed by atoms with van der Waals surface area (Å²) in [5, 5.41) is 12.8. The molecule has 0 radical (unpaired) electrons. The zero-order valence-corrected chi connectivity index (χ0v) is 10.5. The van der Waals surface area contributed by atoms with E-state index >= 15 is 0 Å². The van der Waals surface area contributed by atoms with Crippen LogP contribution in [0.5, 0.6) is 0 Å². The standard InChI is InChI=1S/C12H8Cl2N2O2/c13-7-3-8(14)5-10(4-7)16-9-1-2-11(12(17)18)15-6-9/h1-6,16H,(H,17,18). The Balaban J connectivity index is 2.20. The van der Waals surface area contributed by atoms with Crippen LogP contribution in [-0.4, -0.2) is 16.1 Å². The second kappa shape index (κ2) is 5.25. The number of carboxylic acid groups (broad SMARTS) is 1. The van der Waals surface area contributed by atoms with Crippen LogP contribution in [0.2, 0.25) is 10.0 Å². The topological polar surface area (TPSA) is 62.2 Å². The maximum absolute atomic E-state index is 10.6. The van der Waals surface area contributed by atoms with Crippen LogP contribution in [0.3, 0.4) is 0 Å². The second-order valence-electron chi connectivity index (χ2n) is 3.52. The number of aromatic nitrogens is 1. The van der Waals surface area contributed by atoms with E-state index in [4.69, 9.17) is 28.3 Å². The van der Waals surface area contributed by atoms with Crippen LogP contribution in [-0.2, 0) is 0 Å². The van der Waals surface area contributed by atoms with E-state index in [-0.39, 0.29) is 5.69 Å². The Labute approximate surface area is 113 Å². The fourth-order valence-electron chi connectivity index (χ4n) is 1.39. The van der Waals surface area contributed by atoms with E-state index in [9.17, 15) is 4.79 Å². The second-order valence-corrected chi connectivity index (χ2v) is 4.39. The van der Waals surface area contributed by atoms with Crippen LogP contribution in [0.25, 0.3) is 0 Å². The van der Waals surface area contributed by atoms with Crippen LogP contribution in [0, 0.1) is 0 Å². The van der Waals surface area contributed by atoms with Gasteiger partial charge in [-0.05, 0) is 30.3 Å². The highest BCUT2D eigenvalue weighted by Gasteiger charge is 2.04. The number of nitrogens with one attached hydrogen (secondary N) is 1. The van der Waals surface area contributed by atoms with E-state index in [1.165, 1.54) is 12.3 Å². The van der Waals surface area contributed by atoms with Crippen molar-refractivity contribution in [2.75, 3.05) is 5.32 Å². The van der Waals surface area contributed by atoms with Gasteiger partial charge in [-0.1, -0.05) is 23.2 Å². The van der Waals surface area contributed by atoms with E-state index in [1.807, 2.05) is 0 Å². The van der Waals surface area contributed by atoms with Crippen LogP contribution < -0.4 is 5.32 Å². The number of hydrogen-bond donors (Lipinski definition) is 2. The van der Waals surface area contributed by atoms with Gasteiger partial charge in [-0.25, -0.2) is 9.78 Å². The fraction of sp³-hybridized carbons (Fsp3) is 0. The molecule has 18 heavy (non-hydrogen) atoms. The Bertz CT molecular complexity index is 565. The first-order chi connectivity index (χ1) is 8.54. The molecule has 0 spiro atoms. The Hall–Kier alpha value is -1.78. The van der Waals surface area contributed by atoms with E-state index < -0.39 is 5.97 Å². The van der Waals surface area contributed by atoms with E-state index in [1.54, 1.807) is 24.3 Å². The number of carbonyl (C=O) groups is 1. The molecule has 1 heterocycles. The molecule has 1 aromatic heterocycles. The molecule has 0 bridgehead atoms. The summed E-state index contributed by atoms with van der Waals surface area (Å²) in [5.74, 6) is -1.06. The molecule has 0 aliphatic rings. The molecule has 0 aliphatic carbocycles. The summed E-state index contributed by atoms with van der Waals surface area (Å²) in [4.78, 5) is 14.4. The molecule has 0 unspecified atom stereocenters. The molecule has 0 aliphatic heterocycles. The predicted molar refractivity (Wildman–Crippen MR) is 70.9 cm³/mol. The number of halogens is 2. The monoisotopic (exact) mass is 282 g/mol. The predicted octanol–water partition coefficient (Wildman–Crippen LogP) is 3.83. The molecule has 0 saturated carbocycles. The van der Waals surface area contributed by atoms with Gasteiger partial charge in [0.25, 0.3) is 0 Å². The number of nitrogens with zero attached hydrogens (tertiary/aromatic N) is 1. The van der Waals surface area contributed by atoms with Crippen molar-refractivity contribution in [3.8, 4) is 0 Å². The van der Waals surface area contributed by atoms with Crippen molar-refractivity contribution in [1.82, 2.24) is 4.98 Å². The van der Waals surface area contributed by atoms with Crippen molar-refractivity contribution in [2.45, 2.75) is 0 Å². The van der Waals surface area contributed by atoms with Gasteiger partial charge in [-0.2, -0.15) is 0 Å². The van der Waals surface area contributed by atoms with Gasteiger partial charge in [-0.15, -0.1) is 0 Å². The highest BCUT2D eigenvalue weighted by Crippen LogP contribution is 2.24. The van der Waals surface area contributed by atoms with E-state index in [0.717, 1.165) is 0 Å². The first-order valence-electron chi connectivity index (χ1n) is 4.97. The maximum atomic E-state index is 10.6. The van der Waals surface area contributed by atoms with Crippen LogP contribution in [0.15, 0.2) is 36.5 Å². The summed E-state index contributed by atoms with van der Waals surface area (Å²) in [6.07, 6.45) is 1.43. The van der Waals surface area contributed by atoms with Crippen molar-refractivity contribution in [2.24, 2.45) is 0 Å². The summed E-state index contributed by atoms with van der Waals surface area (Å²) >= 11 is 11.7. The van der Waals surface area contributed by atoms with Crippen LogP contribution >= 0.6 is 23.2 Å². The Morgan fingerprint density at radius 1 is 1.11 bits per heavy atom. The molecule has 0 atom stereocenters. The van der Waals surface area contributed by atoms with Crippen molar-refractivity contribution in [3.05, 3.63) is 52.3 Å². The molecule has 0 saturated heterocycles. The Kier molecular flexibility index (Phi) is 3.69. The lowest BCUT2D eigenvalue weighted by atomic mass is 10.3. The summed E-state index contributed by atoms with van der Waals surface area (Å²) in [6, 6.07) is 8.07. The number of carboxylic acids is 1. The minimum atomic E-state index is -1.06. The highest BCUT2D eigenvalue weighted by molar-refractivity contribution is 6.35. The summed E-state index contributed by atoms with van der Waals surface area (Å²) in [7, 11) is 0. The third-order valence-corrected chi connectivity index (χ3v) is 2.57. The van der Waals surface area contributed by atoms with Crippen molar-refractivity contribution >= 4 is 40.5 Å². The van der Waals surface area contributed by atoms with Gasteiger partial charge in [0.1, 0.15) is 5.69 Å². The smallest absolute Gasteiger partial charge is 0.354 e. The van der Waals surface area contributed by atoms with Crippen LogP contribution in [0.4, 0.5) is 11.4 Å². The summed E-state index contributed by atoms with van der Waals surface area (Å²) in [5.41, 5.74) is 1.35. The fourth-order valence-corrected chi connectivity index (χ4v) is 1.91.